The van der Waals surface area contributed by atoms with Crippen LogP contribution in [0.25, 0.3) is 11.1 Å². The Morgan fingerprint density at radius 3 is 2.57 bits per heavy atom. The Kier molecular flexibility index (Phi) is 5.92. The highest BCUT2D eigenvalue weighted by Crippen LogP contribution is 2.37. The molecule has 0 fully saturated rings. The molecule has 0 aliphatic carbocycles. The number of benzene rings is 2. The molecule has 2 aromatic rings. The van der Waals surface area contributed by atoms with Crippen LogP contribution in [0, 0.1) is 0 Å². The second-order valence-electron chi connectivity index (χ2n) is 4.68. The summed E-state index contributed by atoms with van der Waals surface area (Å²) in [6, 6.07) is 11.9. The predicted octanol–water partition coefficient (Wildman–Crippen LogP) is 5.17. The topological polar surface area (TPSA) is 21.3 Å². The monoisotopic (exact) mass is 323 g/mol. The highest BCUT2D eigenvalue weighted by atomic mass is 35.5. The van der Waals surface area contributed by atoms with Gasteiger partial charge in [-0.15, -0.1) is 0 Å². The maximum atomic E-state index is 6.37. The van der Waals surface area contributed by atoms with Crippen LogP contribution in [0.2, 0.25) is 10.0 Å². The van der Waals surface area contributed by atoms with Gasteiger partial charge < -0.3 is 10.1 Å². The largest absolute Gasteiger partial charge is 0.492 e. The van der Waals surface area contributed by atoms with Crippen molar-refractivity contribution in [2.45, 2.75) is 20.4 Å². The summed E-state index contributed by atoms with van der Waals surface area (Å²) in [7, 11) is 0. The van der Waals surface area contributed by atoms with E-state index in [1.807, 2.05) is 25.1 Å². The lowest BCUT2D eigenvalue weighted by Crippen LogP contribution is -2.11. The fraction of sp³-hybridized carbons (Fsp3) is 0.294. The van der Waals surface area contributed by atoms with E-state index in [0.29, 0.717) is 22.4 Å². The van der Waals surface area contributed by atoms with Gasteiger partial charge >= 0.3 is 0 Å². The molecule has 0 aliphatic heterocycles. The van der Waals surface area contributed by atoms with E-state index in [2.05, 4.69) is 24.4 Å². The van der Waals surface area contributed by atoms with Crippen molar-refractivity contribution in [2.75, 3.05) is 13.2 Å². The molecule has 2 nitrogen and oxygen atoms in total. The zero-order chi connectivity index (χ0) is 15.2. The first-order valence-corrected chi connectivity index (χ1v) is 7.83. The Morgan fingerprint density at radius 2 is 1.86 bits per heavy atom. The van der Waals surface area contributed by atoms with Crippen molar-refractivity contribution in [3.8, 4) is 16.9 Å². The molecule has 0 unspecified atom stereocenters. The van der Waals surface area contributed by atoms with Gasteiger partial charge in [-0.2, -0.15) is 0 Å². The van der Waals surface area contributed by atoms with Crippen LogP contribution < -0.4 is 10.1 Å². The average molecular weight is 324 g/mol. The van der Waals surface area contributed by atoms with Crippen LogP contribution in [0.5, 0.6) is 5.75 Å². The van der Waals surface area contributed by atoms with Gasteiger partial charge in [-0.25, -0.2) is 0 Å². The summed E-state index contributed by atoms with van der Waals surface area (Å²) in [4.78, 5) is 0. The van der Waals surface area contributed by atoms with Gasteiger partial charge in [-0.05, 0) is 36.7 Å². The molecule has 0 heterocycles. The van der Waals surface area contributed by atoms with Crippen LogP contribution in [-0.2, 0) is 6.54 Å². The quantitative estimate of drug-likeness (QED) is 0.791. The van der Waals surface area contributed by atoms with E-state index in [0.717, 1.165) is 24.2 Å². The summed E-state index contributed by atoms with van der Waals surface area (Å²) < 4.78 is 5.46. The molecule has 0 amide bonds. The minimum atomic E-state index is 0.563. The SMILES string of the molecule is CCNCc1cccc(-c2cc(Cl)c(OCC)cc2Cl)c1. The molecule has 0 radical (unpaired) electrons. The van der Waals surface area contributed by atoms with Gasteiger partial charge in [0, 0.05) is 18.2 Å². The Labute approximate surface area is 136 Å². The Balaban J connectivity index is 2.35. The van der Waals surface area contributed by atoms with Crippen molar-refractivity contribution in [1.82, 2.24) is 5.32 Å². The molecule has 0 spiro atoms. The number of halogens is 2. The van der Waals surface area contributed by atoms with Crippen LogP contribution in [0.15, 0.2) is 36.4 Å². The molecule has 0 aromatic heterocycles. The highest BCUT2D eigenvalue weighted by molar-refractivity contribution is 6.36. The summed E-state index contributed by atoms with van der Waals surface area (Å²) in [6.07, 6.45) is 0. The van der Waals surface area contributed by atoms with Crippen molar-refractivity contribution in [2.24, 2.45) is 0 Å². The van der Waals surface area contributed by atoms with Gasteiger partial charge in [-0.3, -0.25) is 0 Å². The molecule has 0 aliphatic rings. The first-order chi connectivity index (χ1) is 10.2. The van der Waals surface area contributed by atoms with E-state index >= 15 is 0 Å². The number of ether oxygens (including phenoxy) is 1. The van der Waals surface area contributed by atoms with E-state index < -0.39 is 0 Å². The Hall–Kier alpha value is -1.22. The van der Waals surface area contributed by atoms with Crippen molar-refractivity contribution in [3.63, 3.8) is 0 Å². The molecule has 112 valence electrons. The van der Waals surface area contributed by atoms with Gasteiger partial charge in [-0.1, -0.05) is 48.3 Å². The normalized spacial score (nSPS) is 10.7. The maximum Gasteiger partial charge on any atom is 0.139 e. The first-order valence-electron chi connectivity index (χ1n) is 7.07. The molecule has 4 heteroatoms. The Bertz CT molecular complexity index is 614. The number of hydrogen-bond donors (Lipinski definition) is 1. The van der Waals surface area contributed by atoms with E-state index in [-0.39, 0.29) is 0 Å². The third kappa shape index (κ3) is 4.13. The summed E-state index contributed by atoms with van der Waals surface area (Å²) in [5, 5.41) is 4.54. The van der Waals surface area contributed by atoms with E-state index in [1.165, 1.54) is 5.56 Å². The minimum absolute atomic E-state index is 0.563. The second-order valence-corrected chi connectivity index (χ2v) is 5.49. The maximum absolute atomic E-state index is 6.37. The first kappa shape index (κ1) is 16.2. The molecular formula is C17H19Cl2NO. The smallest absolute Gasteiger partial charge is 0.139 e. The van der Waals surface area contributed by atoms with Crippen LogP contribution in [-0.4, -0.2) is 13.2 Å². The molecule has 0 saturated carbocycles. The number of hydrogen-bond acceptors (Lipinski definition) is 2. The van der Waals surface area contributed by atoms with E-state index in [4.69, 9.17) is 27.9 Å². The lowest BCUT2D eigenvalue weighted by molar-refractivity contribution is 0.340. The summed E-state index contributed by atoms with van der Waals surface area (Å²) in [5.41, 5.74) is 3.19. The minimum Gasteiger partial charge on any atom is -0.492 e. The lowest BCUT2D eigenvalue weighted by atomic mass is 10.0. The zero-order valence-electron chi connectivity index (χ0n) is 12.2. The number of rotatable bonds is 6. The molecule has 2 aromatic carbocycles. The van der Waals surface area contributed by atoms with Gasteiger partial charge in [0.15, 0.2) is 0 Å². The standard InChI is InChI=1S/C17H19Cl2NO/c1-3-20-11-12-6-5-7-13(8-12)14-9-16(19)17(21-4-2)10-15(14)18/h5-10,20H,3-4,11H2,1-2H3. The van der Waals surface area contributed by atoms with Gasteiger partial charge in [0.2, 0.25) is 0 Å². The molecule has 1 N–H and O–H groups in total. The van der Waals surface area contributed by atoms with Crippen LogP contribution in [0.3, 0.4) is 0 Å². The van der Waals surface area contributed by atoms with E-state index in [1.54, 1.807) is 6.07 Å². The summed E-state index contributed by atoms with van der Waals surface area (Å²) in [6.45, 7) is 6.36. The van der Waals surface area contributed by atoms with E-state index in [9.17, 15) is 0 Å². The Morgan fingerprint density at radius 1 is 1.05 bits per heavy atom. The fourth-order valence-corrected chi connectivity index (χ4v) is 2.62. The van der Waals surface area contributed by atoms with Gasteiger partial charge in [0.1, 0.15) is 5.75 Å². The summed E-state index contributed by atoms with van der Waals surface area (Å²) >= 11 is 12.6. The third-order valence-electron chi connectivity index (χ3n) is 3.14. The third-order valence-corrected chi connectivity index (χ3v) is 3.75. The van der Waals surface area contributed by atoms with Crippen molar-refractivity contribution in [1.29, 1.82) is 0 Å². The molecule has 2 rings (SSSR count). The second kappa shape index (κ2) is 7.69. The molecule has 0 bridgehead atoms. The zero-order valence-corrected chi connectivity index (χ0v) is 13.8. The molecule has 21 heavy (non-hydrogen) atoms. The predicted molar refractivity (Wildman–Crippen MR) is 90.4 cm³/mol. The van der Waals surface area contributed by atoms with Crippen molar-refractivity contribution in [3.05, 3.63) is 52.0 Å². The van der Waals surface area contributed by atoms with Gasteiger partial charge in [0.05, 0.1) is 16.7 Å². The van der Waals surface area contributed by atoms with Gasteiger partial charge in [0.25, 0.3) is 0 Å². The molecular weight excluding hydrogens is 305 g/mol. The van der Waals surface area contributed by atoms with Crippen LogP contribution >= 0.6 is 23.2 Å². The van der Waals surface area contributed by atoms with Crippen molar-refractivity contribution < 1.29 is 4.74 Å². The summed E-state index contributed by atoms with van der Waals surface area (Å²) in [5.74, 6) is 0.622. The van der Waals surface area contributed by atoms with Crippen molar-refractivity contribution >= 4 is 23.2 Å². The lowest BCUT2D eigenvalue weighted by Gasteiger charge is -2.11. The van der Waals surface area contributed by atoms with Crippen LogP contribution in [0.4, 0.5) is 0 Å². The molecule has 0 saturated heterocycles. The fourth-order valence-electron chi connectivity index (χ4n) is 2.13. The average Bonchev–Trinajstić information content (AvgIpc) is 2.49. The van der Waals surface area contributed by atoms with Crippen LogP contribution in [0.1, 0.15) is 19.4 Å². The highest BCUT2D eigenvalue weighted by Gasteiger charge is 2.10. The number of nitrogens with one attached hydrogen (secondary N) is 1. The molecule has 0 atom stereocenters.